The molecule has 0 bridgehead atoms. The van der Waals surface area contributed by atoms with Crippen molar-refractivity contribution in [2.45, 2.75) is 26.1 Å². The van der Waals surface area contributed by atoms with Gasteiger partial charge in [0.1, 0.15) is 11.5 Å². The van der Waals surface area contributed by atoms with Gasteiger partial charge in [0, 0.05) is 55.4 Å². The van der Waals surface area contributed by atoms with Crippen LogP contribution in [0.3, 0.4) is 0 Å². The Balaban J connectivity index is 1.57. The predicted molar refractivity (Wildman–Crippen MR) is 108 cm³/mol. The van der Waals surface area contributed by atoms with E-state index in [9.17, 15) is 9.18 Å². The van der Waals surface area contributed by atoms with Gasteiger partial charge < -0.3 is 14.2 Å². The minimum atomic E-state index is -0.326. The van der Waals surface area contributed by atoms with E-state index in [0.717, 1.165) is 11.1 Å². The number of rotatable bonds is 3. The third-order valence-corrected chi connectivity index (χ3v) is 5.00. The van der Waals surface area contributed by atoms with Gasteiger partial charge in [0.15, 0.2) is 5.82 Å². The molecular weight excluding hydrogens is 371 g/mol. The molecule has 0 N–H and O–H groups in total. The highest BCUT2D eigenvalue weighted by Crippen LogP contribution is 2.24. The zero-order valence-electron chi connectivity index (χ0n) is 16.7. The lowest BCUT2D eigenvalue weighted by Gasteiger charge is -2.35. The number of hydrogen-bond acceptors (Lipinski definition) is 4. The Morgan fingerprint density at radius 3 is 2.41 bits per heavy atom. The van der Waals surface area contributed by atoms with Crippen molar-refractivity contribution in [2.24, 2.45) is 7.05 Å². The van der Waals surface area contributed by atoms with Crippen LogP contribution in [-0.4, -0.2) is 50.6 Å². The molecule has 29 heavy (non-hydrogen) atoms. The number of ether oxygens (including phenoxy) is 1. The van der Waals surface area contributed by atoms with Crippen LogP contribution in [0.15, 0.2) is 48.9 Å². The van der Waals surface area contributed by atoms with Crippen molar-refractivity contribution in [1.29, 1.82) is 0 Å². The van der Waals surface area contributed by atoms with Crippen molar-refractivity contribution in [3.63, 3.8) is 0 Å². The predicted octanol–water partition coefficient (Wildman–Crippen LogP) is 3.54. The molecule has 0 aliphatic carbocycles. The van der Waals surface area contributed by atoms with E-state index in [1.807, 2.05) is 42.6 Å². The zero-order chi connectivity index (χ0) is 20.5. The fourth-order valence-corrected chi connectivity index (χ4v) is 3.69. The highest BCUT2D eigenvalue weighted by molar-refractivity contribution is 5.94. The van der Waals surface area contributed by atoms with Crippen molar-refractivity contribution in [3.8, 4) is 22.5 Å². The number of carbonyl (C=O) groups is 1. The fraction of sp³-hybridized carbons (Fsp3) is 0.318. The van der Waals surface area contributed by atoms with Gasteiger partial charge in [0.2, 0.25) is 0 Å². The maximum Gasteiger partial charge on any atom is 0.270 e. The Hall–Kier alpha value is -3.06. The standard InChI is InChI=1S/C22H23FN4O2/c1-14-11-27(12-15(2)29-14)22(28)20-8-17(13-26(20)3)18-9-24-21(25-10-18)16-5-4-6-19(23)7-16/h4-10,13-15H,11-12H2,1-3H3/t14-,15+. The summed E-state index contributed by atoms with van der Waals surface area (Å²) >= 11 is 0. The molecule has 1 saturated heterocycles. The Morgan fingerprint density at radius 1 is 1.07 bits per heavy atom. The maximum absolute atomic E-state index is 13.4. The Kier molecular flexibility index (Phi) is 5.15. The zero-order valence-corrected chi connectivity index (χ0v) is 16.7. The van der Waals surface area contributed by atoms with Crippen molar-refractivity contribution in [3.05, 3.63) is 60.4 Å². The lowest BCUT2D eigenvalue weighted by molar-refractivity contribution is -0.0588. The molecule has 3 heterocycles. The summed E-state index contributed by atoms with van der Waals surface area (Å²) in [5.41, 5.74) is 2.88. The minimum Gasteiger partial charge on any atom is -0.372 e. The molecule has 7 heteroatoms. The average Bonchev–Trinajstić information content (AvgIpc) is 3.08. The molecule has 0 radical (unpaired) electrons. The van der Waals surface area contributed by atoms with Gasteiger partial charge in [-0.15, -0.1) is 0 Å². The molecule has 2 atom stereocenters. The molecule has 1 amide bonds. The number of aromatic nitrogens is 3. The first-order valence-electron chi connectivity index (χ1n) is 9.60. The van der Waals surface area contributed by atoms with Crippen LogP contribution in [0.25, 0.3) is 22.5 Å². The number of benzene rings is 1. The van der Waals surface area contributed by atoms with Crippen LogP contribution in [0.5, 0.6) is 0 Å². The van der Waals surface area contributed by atoms with E-state index in [-0.39, 0.29) is 23.9 Å². The molecule has 1 aliphatic rings. The average molecular weight is 394 g/mol. The number of carbonyl (C=O) groups excluding carboxylic acids is 1. The second-order valence-corrected chi connectivity index (χ2v) is 7.50. The van der Waals surface area contributed by atoms with Gasteiger partial charge in [-0.05, 0) is 32.0 Å². The minimum absolute atomic E-state index is 0.0157. The molecule has 3 aromatic rings. The van der Waals surface area contributed by atoms with Gasteiger partial charge >= 0.3 is 0 Å². The van der Waals surface area contributed by atoms with E-state index >= 15 is 0 Å². The van der Waals surface area contributed by atoms with Crippen LogP contribution in [0, 0.1) is 5.82 Å². The second kappa shape index (κ2) is 7.75. The van der Waals surface area contributed by atoms with Crippen molar-refractivity contribution < 1.29 is 13.9 Å². The van der Waals surface area contributed by atoms with E-state index in [0.29, 0.717) is 30.2 Å². The first-order chi connectivity index (χ1) is 13.9. The molecule has 1 aliphatic heterocycles. The fourth-order valence-electron chi connectivity index (χ4n) is 3.69. The maximum atomic E-state index is 13.4. The smallest absolute Gasteiger partial charge is 0.270 e. The van der Waals surface area contributed by atoms with Gasteiger partial charge in [-0.3, -0.25) is 4.79 Å². The quantitative estimate of drug-likeness (QED) is 0.682. The summed E-state index contributed by atoms with van der Waals surface area (Å²) in [7, 11) is 1.85. The molecule has 0 spiro atoms. The molecule has 0 unspecified atom stereocenters. The number of halogens is 1. The SMILES string of the molecule is C[C@@H]1CN(C(=O)c2cc(-c3cnc(-c4cccc(F)c4)nc3)cn2C)C[C@H](C)O1. The third kappa shape index (κ3) is 4.05. The van der Waals surface area contributed by atoms with E-state index in [4.69, 9.17) is 4.74 Å². The van der Waals surface area contributed by atoms with Gasteiger partial charge in [0.05, 0.1) is 12.2 Å². The van der Waals surface area contributed by atoms with Gasteiger partial charge in [-0.2, -0.15) is 0 Å². The van der Waals surface area contributed by atoms with E-state index < -0.39 is 0 Å². The Morgan fingerprint density at radius 2 is 1.76 bits per heavy atom. The van der Waals surface area contributed by atoms with Crippen LogP contribution >= 0.6 is 0 Å². The van der Waals surface area contributed by atoms with Crippen LogP contribution < -0.4 is 0 Å². The number of morpholine rings is 1. The first kappa shape index (κ1) is 19.3. The van der Waals surface area contributed by atoms with E-state index in [2.05, 4.69) is 9.97 Å². The van der Waals surface area contributed by atoms with Crippen molar-refractivity contribution in [2.75, 3.05) is 13.1 Å². The summed E-state index contributed by atoms with van der Waals surface area (Å²) in [5, 5.41) is 0. The molecule has 0 saturated carbocycles. The largest absolute Gasteiger partial charge is 0.372 e. The second-order valence-electron chi connectivity index (χ2n) is 7.50. The highest BCUT2D eigenvalue weighted by atomic mass is 19.1. The van der Waals surface area contributed by atoms with E-state index in [1.54, 1.807) is 24.5 Å². The summed E-state index contributed by atoms with van der Waals surface area (Å²) in [6.07, 6.45) is 5.31. The summed E-state index contributed by atoms with van der Waals surface area (Å²) in [4.78, 5) is 23.6. The Labute approximate surface area is 169 Å². The lowest BCUT2D eigenvalue weighted by atomic mass is 10.1. The van der Waals surface area contributed by atoms with Gasteiger partial charge in [-0.25, -0.2) is 14.4 Å². The summed E-state index contributed by atoms with van der Waals surface area (Å²) in [6, 6.07) is 8.04. The van der Waals surface area contributed by atoms with Gasteiger partial charge in [-0.1, -0.05) is 12.1 Å². The highest BCUT2D eigenvalue weighted by Gasteiger charge is 2.28. The molecule has 1 aromatic carbocycles. The van der Waals surface area contributed by atoms with Gasteiger partial charge in [0.25, 0.3) is 5.91 Å². The number of amides is 1. The topological polar surface area (TPSA) is 60.2 Å². The molecule has 150 valence electrons. The Bertz CT molecular complexity index is 1020. The molecule has 4 rings (SSSR count). The van der Waals surface area contributed by atoms with Crippen LogP contribution in [-0.2, 0) is 11.8 Å². The van der Waals surface area contributed by atoms with Crippen molar-refractivity contribution >= 4 is 5.91 Å². The summed E-state index contributed by atoms with van der Waals surface area (Å²) in [6.45, 7) is 5.11. The normalized spacial score (nSPS) is 19.4. The summed E-state index contributed by atoms with van der Waals surface area (Å²) < 4.78 is 21.0. The molecule has 2 aromatic heterocycles. The molecular formula is C22H23FN4O2. The van der Waals surface area contributed by atoms with E-state index in [1.165, 1.54) is 12.1 Å². The first-order valence-corrected chi connectivity index (χ1v) is 9.60. The van der Waals surface area contributed by atoms with Crippen LogP contribution in [0.2, 0.25) is 0 Å². The van der Waals surface area contributed by atoms with Crippen LogP contribution in [0.1, 0.15) is 24.3 Å². The number of nitrogens with zero attached hydrogens (tertiary/aromatic N) is 4. The molecule has 6 nitrogen and oxygen atoms in total. The number of hydrogen-bond donors (Lipinski definition) is 0. The van der Waals surface area contributed by atoms with Crippen LogP contribution in [0.4, 0.5) is 4.39 Å². The molecule has 1 fully saturated rings. The third-order valence-electron chi connectivity index (χ3n) is 5.00. The lowest BCUT2D eigenvalue weighted by Crippen LogP contribution is -2.48. The summed E-state index contributed by atoms with van der Waals surface area (Å²) in [5.74, 6) is 0.114. The monoisotopic (exact) mass is 394 g/mol. The van der Waals surface area contributed by atoms with Crippen molar-refractivity contribution in [1.82, 2.24) is 19.4 Å². The number of aryl methyl sites for hydroxylation is 1.